The molecule has 2 N–H and O–H groups in total. The molecule has 0 aliphatic carbocycles. The first-order chi connectivity index (χ1) is 14.4. The Morgan fingerprint density at radius 1 is 1.03 bits per heavy atom. The van der Waals surface area contributed by atoms with Crippen LogP contribution in [0.1, 0.15) is 11.1 Å². The summed E-state index contributed by atoms with van der Waals surface area (Å²) in [6, 6.07) is 18.0. The minimum Gasteiger partial charge on any atom is -0.271 e. The number of nitrogens with one attached hydrogen (secondary N) is 2. The number of carbonyl (C=O) groups excluding carboxylic acids is 1. The summed E-state index contributed by atoms with van der Waals surface area (Å²) in [4.78, 5) is 16.7. The lowest BCUT2D eigenvalue weighted by molar-refractivity contribution is -0.122. The number of hydrogen-bond acceptors (Lipinski definition) is 5. The number of rotatable bonds is 8. The number of sulfonamides is 1. The van der Waals surface area contributed by atoms with Gasteiger partial charge < -0.3 is 0 Å². The number of pyridine rings is 1. The summed E-state index contributed by atoms with van der Waals surface area (Å²) in [6.45, 7) is 0. The zero-order chi connectivity index (χ0) is 21.4. The van der Waals surface area contributed by atoms with Crippen LogP contribution in [0, 0.1) is 3.57 Å². The maximum atomic E-state index is 12.8. The number of hydrogen-bond donors (Lipinski definition) is 2. The van der Waals surface area contributed by atoms with E-state index in [9.17, 15) is 13.2 Å². The van der Waals surface area contributed by atoms with Gasteiger partial charge in [0, 0.05) is 16.0 Å². The number of carbonyl (C=O) groups is 1. The van der Waals surface area contributed by atoms with Crippen LogP contribution in [-0.4, -0.2) is 31.6 Å². The molecule has 1 amide bonds. The van der Waals surface area contributed by atoms with E-state index < -0.39 is 22.0 Å². The Hall–Kier alpha value is -2.63. The van der Waals surface area contributed by atoms with E-state index in [-0.39, 0.29) is 11.3 Å². The molecule has 0 saturated carbocycles. The third kappa shape index (κ3) is 6.44. The van der Waals surface area contributed by atoms with E-state index in [0.29, 0.717) is 0 Å². The molecular formula is C21H19IN4O3S. The van der Waals surface area contributed by atoms with Crippen molar-refractivity contribution in [2.45, 2.75) is 17.4 Å². The van der Waals surface area contributed by atoms with Crippen molar-refractivity contribution in [3.05, 3.63) is 93.8 Å². The number of aromatic nitrogens is 1. The van der Waals surface area contributed by atoms with Gasteiger partial charge in [0.25, 0.3) is 5.91 Å². The molecule has 154 valence electrons. The normalized spacial score (nSPS) is 12.6. The highest BCUT2D eigenvalue weighted by Crippen LogP contribution is 2.14. The Balaban J connectivity index is 1.78. The molecule has 0 aliphatic rings. The summed E-state index contributed by atoms with van der Waals surface area (Å²) in [5.41, 5.74) is 3.99. The second kappa shape index (κ2) is 10.4. The van der Waals surface area contributed by atoms with Crippen LogP contribution in [-0.2, 0) is 21.2 Å². The third-order valence-corrected chi connectivity index (χ3v) is 6.32. The molecule has 0 unspecified atom stereocenters. The minimum atomic E-state index is -3.89. The van der Waals surface area contributed by atoms with Crippen molar-refractivity contribution in [2.24, 2.45) is 5.10 Å². The van der Waals surface area contributed by atoms with Crippen molar-refractivity contribution < 1.29 is 13.2 Å². The minimum absolute atomic E-state index is 0.0917. The molecule has 0 aliphatic heterocycles. The SMILES string of the molecule is O=C(N/N=C\c1ccncc1)[C@H](Cc1ccccc1)NS(=O)(=O)c1ccc(I)cc1. The molecule has 1 atom stereocenters. The van der Waals surface area contributed by atoms with E-state index in [1.54, 1.807) is 36.7 Å². The van der Waals surface area contributed by atoms with Crippen LogP contribution in [0.25, 0.3) is 0 Å². The average Bonchev–Trinajstić information content (AvgIpc) is 2.75. The molecule has 0 bridgehead atoms. The topological polar surface area (TPSA) is 101 Å². The monoisotopic (exact) mass is 534 g/mol. The average molecular weight is 534 g/mol. The molecule has 3 aromatic rings. The van der Waals surface area contributed by atoms with Gasteiger partial charge in [-0.25, -0.2) is 13.8 Å². The van der Waals surface area contributed by atoms with Gasteiger partial charge in [-0.2, -0.15) is 9.82 Å². The fourth-order valence-electron chi connectivity index (χ4n) is 2.60. The van der Waals surface area contributed by atoms with E-state index in [2.05, 4.69) is 42.8 Å². The van der Waals surface area contributed by atoms with Crippen molar-refractivity contribution in [1.29, 1.82) is 0 Å². The fourth-order valence-corrected chi connectivity index (χ4v) is 4.16. The third-order valence-electron chi connectivity index (χ3n) is 4.11. The number of amides is 1. The van der Waals surface area contributed by atoms with Crippen molar-refractivity contribution in [3.63, 3.8) is 0 Å². The van der Waals surface area contributed by atoms with Gasteiger partial charge in [-0.3, -0.25) is 9.78 Å². The van der Waals surface area contributed by atoms with Gasteiger partial charge in [-0.15, -0.1) is 0 Å². The Morgan fingerprint density at radius 2 is 1.70 bits per heavy atom. The molecule has 0 radical (unpaired) electrons. The largest absolute Gasteiger partial charge is 0.271 e. The number of nitrogens with zero attached hydrogens (tertiary/aromatic N) is 2. The van der Waals surface area contributed by atoms with Crippen molar-refractivity contribution in [2.75, 3.05) is 0 Å². The van der Waals surface area contributed by atoms with Gasteiger partial charge >= 0.3 is 0 Å². The smallest absolute Gasteiger partial charge is 0.258 e. The van der Waals surface area contributed by atoms with Gasteiger partial charge in [0.05, 0.1) is 11.1 Å². The van der Waals surface area contributed by atoms with E-state index in [1.165, 1.54) is 18.3 Å². The van der Waals surface area contributed by atoms with Crippen LogP contribution in [0.4, 0.5) is 0 Å². The molecule has 1 heterocycles. The van der Waals surface area contributed by atoms with Crippen molar-refractivity contribution >= 4 is 44.7 Å². The standard InChI is InChI=1S/C21H19IN4O3S/c22-18-6-8-19(9-7-18)30(28,29)26-20(14-16-4-2-1-3-5-16)21(27)25-24-15-17-10-12-23-13-11-17/h1-13,15,20,26H,14H2,(H,25,27)/b24-15-/t20-/m0/s1. The molecule has 1 aromatic heterocycles. The Morgan fingerprint density at radius 3 is 2.37 bits per heavy atom. The number of hydrazone groups is 1. The van der Waals surface area contributed by atoms with Crippen LogP contribution in [0.2, 0.25) is 0 Å². The van der Waals surface area contributed by atoms with Crippen LogP contribution in [0.15, 0.2) is 89.1 Å². The van der Waals surface area contributed by atoms with E-state index in [0.717, 1.165) is 14.7 Å². The summed E-state index contributed by atoms with van der Waals surface area (Å²) in [6.07, 6.45) is 4.86. The van der Waals surface area contributed by atoms with Crippen LogP contribution in [0.3, 0.4) is 0 Å². The molecular weight excluding hydrogens is 515 g/mol. The highest BCUT2D eigenvalue weighted by atomic mass is 127. The fraction of sp³-hybridized carbons (Fsp3) is 0.0952. The molecule has 9 heteroatoms. The van der Waals surface area contributed by atoms with E-state index in [1.807, 2.05) is 30.3 Å². The molecule has 0 spiro atoms. The van der Waals surface area contributed by atoms with Crippen LogP contribution >= 0.6 is 22.6 Å². The van der Waals surface area contributed by atoms with Gasteiger partial charge in [0.15, 0.2) is 0 Å². The second-order valence-corrected chi connectivity index (χ2v) is 9.29. The lowest BCUT2D eigenvalue weighted by Crippen LogP contribution is -2.46. The molecule has 0 saturated heterocycles. The predicted octanol–water partition coefficient (Wildman–Crippen LogP) is 2.73. The summed E-state index contributed by atoms with van der Waals surface area (Å²) >= 11 is 2.10. The van der Waals surface area contributed by atoms with Crippen molar-refractivity contribution in [1.82, 2.24) is 15.1 Å². The first-order valence-electron chi connectivity index (χ1n) is 8.99. The quantitative estimate of drug-likeness (QED) is 0.264. The summed E-state index contributed by atoms with van der Waals surface area (Å²) in [5, 5.41) is 3.93. The predicted molar refractivity (Wildman–Crippen MR) is 123 cm³/mol. The maximum absolute atomic E-state index is 12.8. The van der Waals surface area contributed by atoms with Crippen molar-refractivity contribution in [3.8, 4) is 0 Å². The van der Waals surface area contributed by atoms with Gasteiger partial charge in [0.2, 0.25) is 10.0 Å². The van der Waals surface area contributed by atoms with E-state index >= 15 is 0 Å². The number of halogens is 1. The zero-order valence-corrected chi connectivity index (χ0v) is 18.7. The maximum Gasteiger partial charge on any atom is 0.258 e. The molecule has 30 heavy (non-hydrogen) atoms. The molecule has 7 nitrogen and oxygen atoms in total. The van der Waals surface area contributed by atoms with Gasteiger partial charge in [0.1, 0.15) is 6.04 Å². The summed E-state index contributed by atoms with van der Waals surface area (Å²) in [7, 11) is -3.89. The highest BCUT2D eigenvalue weighted by Gasteiger charge is 2.26. The lowest BCUT2D eigenvalue weighted by atomic mass is 10.1. The molecule has 0 fully saturated rings. The first-order valence-corrected chi connectivity index (χ1v) is 11.5. The first kappa shape index (κ1) is 22.1. The molecule has 3 rings (SSSR count). The Labute approximate surface area is 188 Å². The lowest BCUT2D eigenvalue weighted by Gasteiger charge is -2.17. The summed E-state index contributed by atoms with van der Waals surface area (Å²) < 4.78 is 29.0. The van der Waals surface area contributed by atoms with Crippen LogP contribution in [0.5, 0.6) is 0 Å². The second-order valence-electron chi connectivity index (χ2n) is 6.33. The highest BCUT2D eigenvalue weighted by molar-refractivity contribution is 14.1. The molecule has 2 aromatic carbocycles. The Kier molecular flexibility index (Phi) is 7.66. The van der Waals surface area contributed by atoms with Crippen LogP contribution < -0.4 is 10.1 Å². The van der Waals surface area contributed by atoms with Gasteiger partial charge in [-0.1, -0.05) is 30.3 Å². The van der Waals surface area contributed by atoms with Gasteiger partial charge in [-0.05, 0) is 76.5 Å². The van der Waals surface area contributed by atoms with E-state index in [4.69, 9.17) is 0 Å². The summed E-state index contributed by atoms with van der Waals surface area (Å²) in [5.74, 6) is -0.557. The zero-order valence-electron chi connectivity index (χ0n) is 15.8. The number of benzene rings is 2. The Bertz CT molecular complexity index is 1110.